The fourth-order valence-electron chi connectivity index (χ4n) is 5.63. The first-order valence-corrected chi connectivity index (χ1v) is 11.9. The predicted octanol–water partition coefficient (Wildman–Crippen LogP) is 2.36. The zero-order chi connectivity index (χ0) is 24.3. The number of nitrogens with two attached hydrogens (primary N) is 1. The summed E-state index contributed by atoms with van der Waals surface area (Å²) in [4.78, 5) is 23.4. The number of allylic oxidation sites excluding steroid dienone is 1. The van der Waals surface area contributed by atoms with E-state index in [0.29, 0.717) is 17.4 Å². The summed E-state index contributed by atoms with van der Waals surface area (Å²) in [6.45, 7) is 9.77. The summed E-state index contributed by atoms with van der Waals surface area (Å²) in [5.41, 5.74) is 7.48. The lowest BCUT2D eigenvalue weighted by Gasteiger charge is -2.61. The van der Waals surface area contributed by atoms with Gasteiger partial charge in [0.1, 0.15) is 23.4 Å². The van der Waals surface area contributed by atoms with Gasteiger partial charge in [0, 0.05) is 49.7 Å². The predicted molar refractivity (Wildman–Crippen MR) is 130 cm³/mol. The van der Waals surface area contributed by atoms with Crippen molar-refractivity contribution in [1.29, 1.82) is 5.41 Å². The van der Waals surface area contributed by atoms with Crippen LogP contribution < -0.4 is 5.73 Å². The average Bonchev–Trinajstić information content (AvgIpc) is 2.99. The van der Waals surface area contributed by atoms with Crippen LogP contribution in [0.5, 0.6) is 5.75 Å². The zero-order valence-electron chi connectivity index (χ0n) is 20.1. The van der Waals surface area contributed by atoms with E-state index in [4.69, 9.17) is 15.9 Å². The topological polar surface area (TPSA) is 118 Å². The Balaban J connectivity index is 1.15. The number of phenolic OH excluding ortho intramolecular Hbond substituents is 1. The van der Waals surface area contributed by atoms with Crippen LogP contribution in [0.1, 0.15) is 39.2 Å². The van der Waals surface area contributed by atoms with Gasteiger partial charge in [0.05, 0.1) is 11.4 Å². The second-order valence-corrected chi connectivity index (χ2v) is 11.0. The minimum absolute atomic E-state index is 0.0478. The van der Waals surface area contributed by atoms with Gasteiger partial charge in [-0.15, -0.1) is 0 Å². The number of ether oxygens (including phenoxy) is 1. The fraction of sp³-hybridized carbons (Fsp3) is 0.560. The van der Waals surface area contributed by atoms with Crippen LogP contribution >= 0.6 is 0 Å². The Morgan fingerprint density at radius 1 is 1.26 bits per heavy atom. The van der Waals surface area contributed by atoms with Crippen molar-refractivity contribution in [2.75, 3.05) is 32.7 Å². The number of amides is 1. The second kappa shape index (κ2) is 8.01. The molecule has 0 bridgehead atoms. The van der Waals surface area contributed by atoms with E-state index in [2.05, 4.69) is 14.8 Å². The first-order chi connectivity index (χ1) is 16.0. The number of rotatable bonds is 3. The molecule has 1 aromatic carbocycles. The van der Waals surface area contributed by atoms with Gasteiger partial charge in [0.15, 0.2) is 0 Å². The number of para-hydroxylation sites is 1. The SMILES string of the molecule is CC(C)(C)OC(=O)N1CC2(CC(N3CCN4/C(=C/C(=N)c5ccccc5O)C(N)=NC4C3)C2)C1. The number of nitrogens with one attached hydrogen (secondary N) is 1. The number of phenols is 1. The highest BCUT2D eigenvalue weighted by molar-refractivity contribution is 6.13. The summed E-state index contributed by atoms with van der Waals surface area (Å²) in [5, 5.41) is 18.5. The van der Waals surface area contributed by atoms with Gasteiger partial charge in [-0.25, -0.2) is 9.79 Å². The number of hydrogen-bond donors (Lipinski definition) is 3. The third-order valence-electron chi connectivity index (χ3n) is 7.28. The molecule has 34 heavy (non-hydrogen) atoms. The number of likely N-dealkylation sites (tertiary alicyclic amines) is 1. The summed E-state index contributed by atoms with van der Waals surface area (Å²) >= 11 is 0. The zero-order valence-corrected chi connectivity index (χ0v) is 20.1. The number of hydrogen-bond acceptors (Lipinski definition) is 8. The smallest absolute Gasteiger partial charge is 0.410 e. The molecule has 9 heteroatoms. The van der Waals surface area contributed by atoms with E-state index in [1.54, 1.807) is 30.3 Å². The Bertz CT molecular complexity index is 1060. The molecule has 1 spiro atoms. The molecule has 1 saturated carbocycles. The molecule has 1 atom stereocenters. The molecule has 1 unspecified atom stereocenters. The molecule has 0 radical (unpaired) electrons. The molecule has 1 amide bonds. The number of amidine groups is 1. The van der Waals surface area contributed by atoms with E-state index in [1.807, 2.05) is 25.7 Å². The number of carbonyl (C=O) groups excluding carboxylic acids is 1. The van der Waals surface area contributed by atoms with Crippen molar-refractivity contribution in [2.24, 2.45) is 16.1 Å². The van der Waals surface area contributed by atoms with Crippen molar-refractivity contribution < 1.29 is 14.6 Å². The second-order valence-electron chi connectivity index (χ2n) is 11.0. The fourth-order valence-corrected chi connectivity index (χ4v) is 5.63. The summed E-state index contributed by atoms with van der Waals surface area (Å²) in [6.07, 6.45) is 3.65. The first-order valence-electron chi connectivity index (χ1n) is 11.9. The molecular weight excluding hydrogens is 432 g/mol. The van der Waals surface area contributed by atoms with E-state index in [9.17, 15) is 9.90 Å². The minimum Gasteiger partial charge on any atom is -0.507 e. The monoisotopic (exact) mass is 466 g/mol. The van der Waals surface area contributed by atoms with Gasteiger partial charge in [-0.1, -0.05) is 12.1 Å². The molecule has 2 saturated heterocycles. The summed E-state index contributed by atoms with van der Waals surface area (Å²) in [7, 11) is 0. The number of piperazine rings is 1. The summed E-state index contributed by atoms with van der Waals surface area (Å²) < 4.78 is 5.49. The molecule has 3 fully saturated rings. The van der Waals surface area contributed by atoms with Gasteiger partial charge in [-0.2, -0.15) is 0 Å². The van der Waals surface area contributed by atoms with E-state index in [-0.39, 0.29) is 29.1 Å². The molecule has 3 aliphatic heterocycles. The number of nitrogens with zero attached hydrogens (tertiary/aromatic N) is 4. The number of fused-ring (bicyclic) bond motifs is 1. The number of benzene rings is 1. The Morgan fingerprint density at radius 2 is 1.97 bits per heavy atom. The van der Waals surface area contributed by atoms with Crippen LogP contribution in [0.15, 0.2) is 41.0 Å². The van der Waals surface area contributed by atoms with Crippen LogP contribution in [0.3, 0.4) is 0 Å². The van der Waals surface area contributed by atoms with Crippen molar-refractivity contribution >= 4 is 17.6 Å². The molecule has 4 aliphatic rings. The molecule has 0 aromatic heterocycles. The minimum atomic E-state index is -0.460. The molecule has 1 aliphatic carbocycles. The van der Waals surface area contributed by atoms with Gasteiger partial charge in [0.25, 0.3) is 0 Å². The lowest BCUT2D eigenvalue weighted by atomic mass is 9.60. The third kappa shape index (κ3) is 4.13. The molecule has 9 nitrogen and oxygen atoms in total. The van der Waals surface area contributed by atoms with E-state index in [0.717, 1.165) is 51.3 Å². The molecule has 4 N–H and O–H groups in total. The van der Waals surface area contributed by atoms with Gasteiger partial charge >= 0.3 is 6.09 Å². The van der Waals surface area contributed by atoms with Crippen LogP contribution in [-0.4, -0.2) is 88.0 Å². The molecule has 5 rings (SSSR count). The van der Waals surface area contributed by atoms with Gasteiger partial charge in [0.2, 0.25) is 0 Å². The number of aromatic hydroxyl groups is 1. The van der Waals surface area contributed by atoms with Crippen molar-refractivity contribution in [3.63, 3.8) is 0 Å². The highest BCUT2D eigenvalue weighted by Gasteiger charge is 2.56. The van der Waals surface area contributed by atoms with Crippen molar-refractivity contribution in [2.45, 2.75) is 51.4 Å². The molecule has 3 heterocycles. The van der Waals surface area contributed by atoms with E-state index < -0.39 is 5.60 Å². The van der Waals surface area contributed by atoms with Crippen molar-refractivity contribution in [3.8, 4) is 5.75 Å². The van der Waals surface area contributed by atoms with E-state index in [1.165, 1.54) is 0 Å². The Hall–Kier alpha value is -3.07. The highest BCUT2D eigenvalue weighted by atomic mass is 16.6. The van der Waals surface area contributed by atoms with Crippen LogP contribution in [0.25, 0.3) is 0 Å². The van der Waals surface area contributed by atoms with Crippen molar-refractivity contribution in [1.82, 2.24) is 14.7 Å². The van der Waals surface area contributed by atoms with Crippen LogP contribution in [0.2, 0.25) is 0 Å². The first kappa shape index (κ1) is 22.7. The third-order valence-corrected chi connectivity index (χ3v) is 7.28. The largest absolute Gasteiger partial charge is 0.507 e. The Kier molecular flexibility index (Phi) is 5.35. The van der Waals surface area contributed by atoms with Crippen LogP contribution in [-0.2, 0) is 4.74 Å². The van der Waals surface area contributed by atoms with Crippen molar-refractivity contribution in [3.05, 3.63) is 41.6 Å². The highest BCUT2D eigenvalue weighted by Crippen LogP contribution is 2.51. The van der Waals surface area contributed by atoms with Gasteiger partial charge in [-0.05, 0) is 51.8 Å². The standard InChI is InChI=1S/C25H34N6O3/c1-24(2,3)34-23(33)30-14-25(15-30)11-16(12-25)29-8-9-31-19(22(27)28-21(31)13-29)10-18(26)17-6-4-5-7-20(17)32/h4-7,10,16,21,26,32H,8-9,11-15H2,1-3H3,(H2,27,28)/b19-10+,26-18?. The Labute approximate surface area is 200 Å². The maximum absolute atomic E-state index is 12.3. The normalized spacial score (nSPS) is 25.6. The summed E-state index contributed by atoms with van der Waals surface area (Å²) in [6, 6.07) is 7.35. The lowest BCUT2D eigenvalue weighted by molar-refractivity contribution is -0.114. The lowest BCUT2D eigenvalue weighted by Crippen LogP contribution is -2.69. The number of aliphatic imine (C=N–C) groups is 1. The van der Waals surface area contributed by atoms with E-state index >= 15 is 0 Å². The molecule has 182 valence electrons. The maximum Gasteiger partial charge on any atom is 0.410 e. The molecular formula is C25H34N6O3. The van der Waals surface area contributed by atoms with Gasteiger partial charge in [-0.3, -0.25) is 4.90 Å². The number of carbonyl (C=O) groups is 1. The average molecular weight is 467 g/mol. The van der Waals surface area contributed by atoms with Crippen LogP contribution in [0, 0.1) is 10.8 Å². The molecule has 1 aromatic rings. The quantitative estimate of drug-likeness (QED) is 0.589. The van der Waals surface area contributed by atoms with Gasteiger partial charge < -0.3 is 30.8 Å². The summed E-state index contributed by atoms with van der Waals surface area (Å²) in [5.74, 6) is 0.531. The maximum atomic E-state index is 12.3. The van der Waals surface area contributed by atoms with Crippen LogP contribution in [0.4, 0.5) is 4.79 Å². The Morgan fingerprint density at radius 3 is 2.65 bits per heavy atom.